The van der Waals surface area contributed by atoms with Crippen molar-refractivity contribution in [2.24, 2.45) is 5.10 Å². The summed E-state index contributed by atoms with van der Waals surface area (Å²) in [6.07, 6.45) is 3.66. The van der Waals surface area contributed by atoms with Crippen LogP contribution in [0.5, 0.6) is 5.75 Å². The highest BCUT2D eigenvalue weighted by Crippen LogP contribution is 2.27. The van der Waals surface area contributed by atoms with Crippen LogP contribution in [-0.4, -0.2) is 35.9 Å². The molecule has 0 unspecified atom stereocenters. The van der Waals surface area contributed by atoms with Crippen LogP contribution in [0, 0.1) is 0 Å². The summed E-state index contributed by atoms with van der Waals surface area (Å²) in [5, 5.41) is 7.64. The molecular formula is C21H22N4O3S2. The molecule has 0 saturated carbocycles. The number of thioether (sulfide) groups is 1. The first-order valence-corrected chi connectivity index (χ1v) is 11.1. The van der Waals surface area contributed by atoms with E-state index in [4.69, 9.17) is 9.47 Å². The van der Waals surface area contributed by atoms with Gasteiger partial charge in [-0.05, 0) is 42.8 Å². The maximum atomic E-state index is 11.5. The topological polar surface area (TPSA) is 85.7 Å². The Labute approximate surface area is 183 Å². The molecule has 0 amide bonds. The van der Waals surface area contributed by atoms with Crippen LogP contribution in [-0.2, 0) is 21.7 Å². The van der Waals surface area contributed by atoms with E-state index in [2.05, 4.69) is 20.5 Å². The highest BCUT2D eigenvalue weighted by atomic mass is 32.2. The lowest BCUT2D eigenvalue weighted by molar-refractivity contribution is -0.142. The molecule has 0 aliphatic carbocycles. The van der Waals surface area contributed by atoms with Gasteiger partial charge in [-0.3, -0.25) is 10.2 Å². The minimum Gasteiger partial charge on any atom is -0.496 e. The predicted molar refractivity (Wildman–Crippen MR) is 120 cm³/mol. The molecule has 1 aromatic carbocycles. The number of ether oxygens (including phenoxy) is 2. The normalized spacial score (nSPS) is 10.9. The minimum atomic E-state index is -0.285. The third kappa shape index (κ3) is 6.57. The summed E-state index contributed by atoms with van der Waals surface area (Å²) < 4.78 is 10.4. The fourth-order valence-electron chi connectivity index (χ4n) is 2.54. The van der Waals surface area contributed by atoms with E-state index in [1.807, 2.05) is 41.8 Å². The molecule has 7 nitrogen and oxygen atoms in total. The monoisotopic (exact) mass is 442 g/mol. The Morgan fingerprint density at radius 3 is 3.00 bits per heavy atom. The second-order valence-corrected chi connectivity index (χ2v) is 7.88. The van der Waals surface area contributed by atoms with Crippen LogP contribution >= 0.6 is 23.1 Å². The first-order valence-electron chi connectivity index (χ1n) is 9.27. The van der Waals surface area contributed by atoms with Crippen LogP contribution < -0.4 is 10.2 Å². The van der Waals surface area contributed by atoms with Crippen molar-refractivity contribution in [3.8, 4) is 5.75 Å². The fourth-order valence-corrected chi connectivity index (χ4v) is 4.04. The van der Waals surface area contributed by atoms with E-state index in [1.165, 1.54) is 11.3 Å². The molecule has 0 saturated heterocycles. The number of methoxy groups -OCH3 is 1. The Balaban J connectivity index is 1.60. The Morgan fingerprint density at radius 2 is 2.23 bits per heavy atom. The molecule has 0 radical (unpaired) electrons. The summed E-state index contributed by atoms with van der Waals surface area (Å²) in [4.78, 5) is 20.2. The summed E-state index contributed by atoms with van der Waals surface area (Å²) in [5.74, 6) is 1.28. The van der Waals surface area contributed by atoms with Crippen molar-refractivity contribution in [2.45, 2.75) is 24.1 Å². The third-order valence-electron chi connectivity index (χ3n) is 3.87. The lowest BCUT2D eigenvalue weighted by atomic mass is 10.1. The van der Waals surface area contributed by atoms with Gasteiger partial charge in [0.1, 0.15) is 5.75 Å². The van der Waals surface area contributed by atoms with Gasteiger partial charge in [-0.1, -0.05) is 6.07 Å². The maximum absolute atomic E-state index is 11.5. The first-order chi connectivity index (χ1) is 14.7. The molecule has 0 spiro atoms. The van der Waals surface area contributed by atoms with Gasteiger partial charge in [0.15, 0.2) is 0 Å². The van der Waals surface area contributed by atoms with Gasteiger partial charge in [-0.25, -0.2) is 9.97 Å². The van der Waals surface area contributed by atoms with E-state index < -0.39 is 0 Å². The summed E-state index contributed by atoms with van der Waals surface area (Å²) >= 11 is 3.03. The number of thiazole rings is 1. The van der Waals surface area contributed by atoms with E-state index in [0.29, 0.717) is 17.4 Å². The van der Waals surface area contributed by atoms with Crippen LogP contribution in [0.15, 0.2) is 58.1 Å². The van der Waals surface area contributed by atoms with E-state index in [1.54, 1.807) is 38.2 Å². The predicted octanol–water partition coefficient (Wildman–Crippen LogP) is 4.39. The minimum absolute atomic E-state index is 0.158. The highest BCUT2D eigenvalue weighted by Gasteiger charge is 2.08. The molecular weight excluding hydrogens is 420 g/mol. The van der Waals surface area contributed by atoms with Gasteiger partial charge in [0.05, 0.1) is 37.1 Å². The molecule has 0 fully saturated rings. The first kappa shape index (κ1) is 21.8. The third-order valence-corrected chi connectivity index (χ3v) is 5.66. The Hall–Kier alpha value is -2.91. The zero-order chi connectivity index (χ0) is 21.2. The van der Waals surface area contributed by atoms with Gasteiger partial charge >= 0.3 is 5.97 Å². The number of hydrogen-bond acceptors (Lipinski definition) is 9. The largest absolute Gasteiger partial charge is 0.496 e. The fraction of sp³-hybridized carbons (Fsp3) is 0.238. The van der Waals surface area contributed by atoms with E-state index in [0.717, 1.165) is 27.7 Å². The van der Waals surface area contributed by atoms with Crippen LogP contribution in [0.3, 0.4) is 0 Å². The average molecular weight is 443 g/mol. The van der Waals surface area contributed by atoms with Gasteiger partial charge in [0.25, 0.3) is 0 Å². The average Bonchev–Trinajstić information content (AvgIpc) is 3.20. The molecule has 30 heavy (non-hydrogen) atoms. The molecule has 2 heterocycles. The van der Waals surface area contributed by atoms with Crippen molar-refractivity contribution >= 4 is 40.4 Å². The number of aromatic nitrogens is 2. The molecule has 2 aromatic heterocycles. The zero-order valence-electron chi connectivity index (χ0n) is 16.7. The molecule has 3 aromatic rings. The van der Waals surface area contributed by atoms with Crippen molar-refractivity contribution in [3.63, 3.8) is 0 Å². The van der Waals surface area contributed by atoms with Crippen molar-refractivity contribution in [2.75, 3.05) is 19.1 Å². The smallest absolute Gasteiger partial charge is 0.311 e. The van der Waals surface area contributed by atoms with Crippen molar-refractivity contribution in [1.82, 2.24) is 9.97 Å². The van der Waals surface area contributed by atoms with Crippen LogP contribution in [0.4, 0.5) is 5.13 Å². The number of hydrazone groups is 1. The van der Waals surface area contributed by atoms with Crippen molar-refractivity contribution in [3.05, 3.63) is 64.8 Å². The molecule has 0 aliphatic rings. The quantitative estimate of drug-likeness (QED) is 0.216. The molecule has 0 aliphatic heterocycles. The number of carbonyl (C=O) groups is 1. The van der Waals surface area contributed by atoms with Gasteiger partial charge < -0.3 is 9.47 Å². The van der Waals surface area contributed by atoms with Crippen LogP contribution in [0.1, 0.15) is 23.7 Å². The highest BCUT2D eigenvalue weighted by molar-refractivity contribution is 7.98. The van der Waals surface area contributed by atoms with Crippen molar-refractivity contribution in [1.29, 1.82) is 0 Å². The molecule has 0 atom stereocenters. The lowest BCUT2D eigenvalue weighted by Crippen LogP contribution is -2.07. The number of benzene rings is 1. The number of nitrogens with one attached hydrogen (secondary N) is 1. The maximum Gasteiger partial charge on any atom is 0.311 e. The number of hydrogen-bond donors (Lipinski definition) is 1. The van der Waals surface area contributed by atoms with Gasteiger partial charge in [0.2, 0.25) is 5.13 Å². The Kier molecular flexibility index (Phi) is 8.22. The summed E-state index contributed by atoms with van der Waals surface area (Å²) in [7, 11) is 1.66. The number of pyridine rings is 1. The van der Waals surface area contributed by atoms with Gasteiger partial charge in [-0.2, -0.15) is 5.10 Å². The summed E-state index contributed by atoms with van der Waals surface area (Å²) in [6, 6.07) is 11.8. The van der Waals surface area contributed by atoms with E-state index in [-0.39, 0.29) is 12.4 Å². The zero-order valence-corrected chi connectivity index (χ0v) is 18.3. The SMILES string of the molecule is CCOC(=O)Cc1csc(NN=Cc2ccc(OC)c(CSc3ccccn3)c2)n1. The van der Waals surface area contributed by atoms with E-state index >= 15 is 0 Å². The molecule has 9 heteroatoms. The van der Waals surface area contributed by atoms with Crippen molar-refractivity contribution < 1.29 is 14.3 Å². The lowest BCUT2D eigenvalue weighted by Gasteiger charge is -2.09. The van der Waals surface area contributed by atoms with E-state index in [9.17, 15) is 4.79 Å². The summed E-state index contributed by atoms with van der Waals surface area (Å²) in [5.41, 5.74) is 5.56. The van der Waals surface area contributed by atoms with Crippen LogP contribution in [0.2, 0.25) is 0 Å². The van der Waals surface area contributed by atoms with Gasteiger partial charge in [-0.15, -0.1) is 23.1 Å². The molecule has 3 rings (SSSR count). The molecule has 1 N–H and O–H groups in total. The molecule has 0 bridgehead atoms. The van der Waals surface area contributed by atoms with Crippen LogP contribution in [0.25, 0.3) is 0 Å². The Bertz CT molecular complexity index is 993. The number of esters is 1. The second-order valence-electron chi connectivity index (χ2n) is 6.02. The molecule has 156 valence electrons. The number of rotatable bonds is 10. The standard InChI is InChI=1S/C21H22N4O3S2/c1-3-28-20(26)11-17-14-30-21(24-17)25-23-12-15-7-8-18(27-2)16(10-15)13-29-19-6-4-5-9-22-19/h4-10,12,14H,3,11,13H2,1-2H3,(H,24,25). The number of nitrogens with zero attached hydrogens (tertiary/aromatic N) is 3. The number of anilines is 1. The van der Waals surface area contributed by atoms with Gasteiger partial charge in [0, 0.05) is 22.9 Å². The second kappa shape index (κ2) is 11.3. The summed E-state index contributed by atoms with van der Waals surface area (Å²) in [6.45, 7) is 2.14. The number of carbonyl (C=O) groups excluding carboxylic acids is 1. The Morgan fingerprint density at radius 1 is 1.33 bits per heavy atom.